The van der Waals surface area contributed by atoms with E-state index in [1.165, 1.54) is 4.90 Å². The molecule has 1 saturated heterocycles. The van der Waals surface area contributed by atoms with Crippen LogP contribution in [0, 0.1) is 0 Å². The van der Waals surface area contributed by atoms with Crippen LogP contribution in [0.3, 0.4) is 0 Å². The molecule has 3 atom stereocenters. The number of carbonyl (C=O) groups excluding carboxylic acids is 3. The fraction of sp³-hybridized carbons (Fsp3) is 0.423. The molecule has 1 fully saturated rings. The summed E-state index contributed by atoms with van der Waals surface area (Å²) >= 11 is 0. The van der Waals surface area contributed by atoms with Crippen molar-refractivity contribution in [2.24, 2.45) is 0 Å². The zero-order valence-corrected chi connectivity index (χ0v) is 19.9. The lowest BCUT2D eigenvalue weighted by Gasteiger charge is -2.27. The molecule has 3 N–H and O–H groups in total. The first kappa shape index (κ1) is 25.4. The highest BCUT2D eigenvalue weighted by molar-refractivity contribution is 6.00. The Kier molecular flexibility index (Phi) is 8.41. The zero-order valence-electron chi connectivity index (χ0n) is 19.9. The minimum atomic E-state index is -1.84. The lowest BCUT2D eigenvalue weighted by atomic mass is 9.98. The van der Waals surface area contributed by atoms with Gasteiger partial charge < -0.3 is 25.3 Å². The molecule has 0 aliphatic carbocycles. The van der Waals surface area contributed by atoms with Crippen molar-refractivity contribution in [1.29, 1.82) is 0 Å². The number of benzene rings is 2. The molecular formula is C26H33N3O5. The molecule has 3 rings (SSSR count). The van der Waals surface area contributed by atoms with Crippen LogP contribution in [0.25, 0.3) is 11.1 Å². The normalized spacial score (nSPS) is 17.2. The number of aliphatic hydroxyl groups is 2. The van der Waals surface area contributed by atoms with Crippen LogP contribution in [0.4, 0.5) is 0 Å². The Hall–Kier alpha value is -3.23. The predicted molar refractivity (Wildman–Crippen MR) is 129 cm³/mol. The van der Waals surface area contributed by atoms with Crippen molar-refractivity contribution in [3.63, 3.8) is 0 Å². The first-order valence-corrected chi connectivity index (χ1v) is 11.6. The summed E-state index contributed by atoms with van der Waals surface area (Å²) in [5, 5.41) is 23.1. The zero-order chi connectivity index (χ0) is 24.8. The second kappa shape index (κ2) is 11.3. The average molecular weight is 468 g/mol. The average Bonchev–Trinajstić information content (AvgIpc) is 3.34. The van der Waals surface area contributed by atoms with Gasteiger partial charge in [-0.05, 0) is 42.0 Å². The van der Waals surface area contributed by atoms with E-state index < -0.39 is 24.0 Å². The number of rotatable bonds is 8. The van der Waals surface area contributed by atoms with Gasteiger partial charge in [0.15, 0.2) is 12.2 Å². The van der Waals surface area contributed by atoms with E-state index in [4.69, 9.17) is 0 Å². The maximum atomic E-state index is 12.5. The minimum Gasteiger partial charge on any atom is -0.380 e. The van der Waals surface area contributed by atoms with E-state index in [-0.39, 0.29) is 18.5 Å². The van der Waals surface area contributed by atoms with Gasteiger partial charge in [-0.3, -0.25) is 14.4 Å². The summed E-state index contributed by atoms with van der Waals surface area (Å²) < 4.78 is 0. The van der Waals surface area contributed by atoms with E-state index in [1.54, 1.807) is 25.1 Å². The third-order valence-corrected chi connectivity index (χ3v) is 6.25. The van der Waals surface area contributed by atoms with Crippen LogP contribution < -0.4 is 5.32 Å². The highest BCUT2D eigenvalue weighted by Crippen LogP contribution is 2.25. The molecule has 0 bridgehead atoms. The number of nitrogens with one attached hydrogen (secondary N) is 1. The Labute approximate surface area is 200 Å². The van der Waals surface area contributed by atoms with Crippen LogP contribution in [0.5, 0.6) is 0 Å². The highest BCUT2D eigenvalue weighted by Gasteiger charge is 2.37. The van der Waals surface area contributed by atoms with Crippen LogP contribution in [-0.2, 0) is 16.1 Å². The van der Waals surface area contributed by atoms with Crippen molar-refractivity contribution in [2.75, 3.05) is 20.6 Å². The molecule has 8 nitrogen and oxygen atoms in total. The van der Waals surface area contributed by atoms with Gasteiger partial charge in [-0.15, -0.1) is 0 Å². The molecular weight excluding hydrogens is 434 g/mol. The van der Waals surface area contributed by atoms with Crippen molar-refractivity contribution >= 4 is 17.7 Å². The van der Waals surface area contributed by atoms with Gasteiger partial charge in [0.1, 0.15) is 0 Å². The van der Waals surface area contributed by atoms with Crippen LogP contribution in [-0.4, -0.2) is 76.6 Å². The second-order valence-electron chi connectivity index (χ2n) is 8.79. The summed E-state index contributed by atoms with van der Waals surface area (Å²) in [5.74, 6) is -1.50. The van der Waals surface area contributed by atoms with Gasteiger partial charge in [0.05, 0.1) is 0 Å². The quantitative estimate of drug-likeness (QED) is 0.548. The molecule has 2 aromatic rings. The second-order valence-corrected chi connectivity index (χ2v) is 8.79. The number of hydrogen-bond acceptors (Lipinski definition) is 5. The molecule has 0 aromatic heterocycles. The third-order valence-electron chi connectivity index (χ3n) is 6.25. The highest BCUT2D eigenvalue weighted by atomic mass is 16.3. The maximum absolute atomic E-state index is 12.5. The Balaban J connectivity index is 1.61. The fourth-order valence-electron chi connectivity index (χ4n) is 4.26. The largest absolute Gasteiger partial charge is 0.380 e. The smallest absolute Gasteiger partial charge is 0.254 e. The monoisotopic (exact) mass is 467 g/mol. The Morgan fingerprint density at radius 3 is 2.38 bits per heavy atom. The van der Waals surface area contributed by atoms with Crippen molar-refractivity contribution < 1.29 is 24.6 Å². The Morgan fingerprint density at radius 2 is 1.74 bits per heavy atom. The standard InChI is InChI=1S/C26H33N3O5/c1-4-19-8-7-15-29(19)26(34)23(31)22(30)24(32)27-16-17-11-13-18(14-12-17)20-9-5-6-10-21(20)25(33)28(2)3/h5-6,9-14,19,22-23,30-31H,4,7-8,15-16H2,1-3H3,(H,27,32)/t19-,22+,23+/m0/s1. The molecule has 34 heavy (non-hydrogen) atoms. The number of hydrogen-bond donors (Lipinski definition) is 3. The number of amides is 3. The first-order valence-electron chi connectivity index (χ1n) is 11.6. The van der Waals surface area contributed by atoms with Crippen molar-refractivity contribution in [3.8, 4) is 11.1 Å². The molecule has 3 amide bonds. The molecule has 2 aromatic carbocycles. The van der Waals surface area contributed by atoms with Gasteiger partial charge in [0.25, 0.3) is 17.7 Å². The number of likely N-dealkylation sites (tertiary alicyclic amines) is 1. The van der Waals surface area contributed by atoms with Crippen LogP contribution in [0.15, 0.2) is 48.5 Å². The lowest BCUT2D eigenvalue weighted by molar-refractivity contribution is -0.153. The molecule has 182 valence electrons. The van der Waals surface area contributed by atoms with Crippen LogP contribution in [0.2, 0.25) is 0 Å². The summed E-state index contributed by atoms with van der Waals surface area (Å²) in [7, 11) is 3.41. The van der Waals surface area contributed by atoms with E-state index in [0.29, 0.717) is 12.1 Å². The van der Waals surface area contributed by atoms with Gasteiger partial charge in [0, 0.05) is 38.8 Å². The molecule has 0 saturated carbocycles. The summed E-state index contributed by atoms with van der Waals surface area (Å²) in [5.41, 5.74) is 3.03. The lowest BCUT2D eigenvalue weighted by Crippen LogP contribution is -2.51. The molecule has 8 heteroatoms. The molecule has 0 unspecified atom stereocenters. The maximum Gasteiger partial charge on any atom is 0.254 e. The van der Waals surface area contributed by atoms with E-state index in [2.05, 4.69) is 5.32 Å². The summed E-state index contributed by atoms with van der Waals surface area (Å²) in [6.45, 7) is 2.62. The molecule has 1 aliphatic rings. The Bertz CT molecular complexity index is 1020. The molecule has 0 spiro atoms. The molecule has 1 aliphatic heterocycles. The fourth-order valence-corrected chi connectivity index (χ4v) is 4.26. The van der Waals surface area contributed by atoms with Gasteiger partial charge in [-0.1, -0.05) is 49.4 Å². The van der Waals surface area contributed by atoms with Gasteiger partial charge in [-0.2, -0.15) is 0 Å². The van der Waals surface area contributed by atoms with Crippen LogP contribution in [0.1, 0.15) is 42.1 Å². The number of aliphatic hydroxyl groups excluding tert-OH is 2. The summed E-state index contributed by atoms with van der Waals surface area (Å²) in [4.78, 5) is 40.5. The predicted octanol–water partition coefficient (Wildman–Crippen LogP) is 1.79. The third kappa shape index (κ3) is 5.63. The minimum absolute atomic E-state index is 0.0362. The van der Waals surface area contributed by atoms with Gasteiger partial charge in [-0.25, -0.2) is 0 Å². The Morgan fingerprint density at radius 1 is 1.06 bits per heavy atom. The van der Waals surface area contributed by atoms with E-state index in [1.807, 2.05) is 49.4 Å². The number of carbonyl (C=O) groups is 3. The van der Waals surface area contributed by atoms with E-state index >= 15 is 0 Å². The SMILES string of the molecule is CC[C@H]1CCCN1C(=O)[C@H](O)[C@@H](O)C(=O)NCc1ccc(-c2ccccc2C(=O)N(C)C)cc1. The topological polar surface area (TPSA) is 110 Å². The van der Waals surface area contributed by atoms with E-state index in [9.17, 15) is 24.6 Å². The van der Waals surface area contributed by atoms with Gasteiger partial charge >= 0.3 is 0 Å². The number of nitrogens with zero attached hydrogens (tertiary/aromatic N) is 2. The van der Waals surface area contributed by atoms with Gasteiger partial charge in [0.2, 0.25) is 0 Å². The molecule has 0 radical (unpaired) electrons. The molecule has 1 heterocycles. The summed E-state index contributed by atoms with van der Waals surface area (Å²) in [6.07, 6.45) is -1.15. The van der Waals surface area contributed by atoms with Crippen molar-refractivity contribution in [1.82, 2.24) is 15.1 Å². The van der Waals surface area contributed by atoms with Crippen molar-refractivity contribution in [3.05, 3.63) is 59.7 Å². The van der Waals surface area contributed by atoms with E-state index in [0.717, 1.165) is 36.0 Å². The van der Waals surface area contributed by atoms with Crippen molar-refractivity contribution in [2.45, 2.75) is 51.0 Å². The first-order chi connectivity index (χ1) is 16.2. The van der Waals surface area contributed by atoms with Crippen LogP contribution >= 0.6 is 0 Å². The summed E-state index contributed by atoms with van der Waals surface area (Å²) in [6, 6.07) is 14.7.